The van der Waals surface area contributed by atoms with E-state index in [9.17, 15) is 4.79 Å². The van der Waals surface area contributed by atoms with Gasteiger partial charge in [-0.1, -0.05) is 18.2 Å². The van der Waals surface area contributed by atoms with Gasteiger partial charge in [0.15, 0.2) is 5.96 Å². The molecule has 1 aromatic rings. The number of piperidine rings is 1. The number of carbonyl (C=O) groups is 1. The molecule has 2 rings (SSSR count). The number of esters is 1. The molecular formula is C19H30IN3O3. The Kier molecular flexibility index (Phi) is 10.4. The Bertz CT molecular complexity index is 587. The number of halogens is 1. The van der Waals surface area contributed by atoms with E-state index >= 15 is 0 Å². The van der Waals surface area contributed by atoms with Crippen LogP contribution in [0.4, 0.5) is 0 Å². The molecule has 0 radical (unpaired) electrons. The van der Waals surface area contributed by atoms with Crippen molar-refractivity contribution in [2.75, 3.05) is 40.4 Å². The molecule has 1 aromatic carbocycles. The largest absolute Gasteiger partial charge is 0.496 e. The monoisotopic (exact) mass is 475 g/mol. The Labute approximate surface area is 173 Å². The van der Waals surface area contributed by atoms with Crippen molar-refractivity contribution in [3.63, 3.8) is 0 Å². The molecule has 1 saturated heterocycles. The first-order valence-corrected chi connectivity index (χ1v) is 8.93. The summed E-state index contributed by atoms with van der Waals surface area (Å²) >= 11 is 0. The highest BCUT2D eigenvalue weighted by Crippen LogP contribution is 2.19. The van der Waals surface area contributed by atoms with Crippen LogP contribution in [-0.4, -0.2) is 57.2 Å². The van der Waals surface area contributed by atoms with Gasteiger partial charge in [0.2, 0.25) is 0 Å². The number of likely N-dealkylation sites (tertiary alicyclic amines) is 1. The lowest BCUT2D eigenvalue weighted by Crippen LogP contribution is -2.47. The average molecular weight is 475 g/mol. The van der Waals surface area contributed by atoms with Gasteiger partial charge in [0.25, 0.3) is 0 Å². The smallest absolute Gasteiger partial charge is 0.309 e. The molecule has 1 fully saturated rings. The Morgan fingerprint density at radius 1 is 1.31 bits per heavy atom. The van der Waals surface area contributed by atoms with Gasteiger partial charge < -0.3 is 19.7 Å². The molecule has 1 heterocycles. The Balaban J connectivity index is 0.00000338. The average Bonchev–Trinajstić information content (AvgIpc) is 2.66. The number of methoxy groups -OCH3 is 1. The minimum absolute atomic E-state index is 0. The maximum atomic E-state index is 11.8. The van der Waals surface area contributed by atoms with E-state index in [0.717, 1.165) is 50.6 Å². The highest BCUT2D eigenvalue weighted by Gasteiger charge is 2.27. The van der Waals surface area contributed by atoms with Crippen LogP contribution < -0.4 is 10.1 Å². The number of benzene rings is 1. The third kappa shape index (κ3) is 6.34. The zero-order valence-corrected chi connectivity index (χ0v) is 18.2. The molecule has 146 valence electrons. The number of guanidine groups is 1. The summed E-state index contributed by atoms with van der Waals surface area (Å²) in [6, 6.07) is 8.05. The van der Waals surface area contributed by atoms with E-state index in [-0.39, 0.29) is 35.9 Å². The van der Waals surface area contributed by atoms with Gasteiger partial charge in [-0.3, -0.25) is 9.79 Å². The molecular weight excluding hydrogens is 445 g/mol. The van der Waals surface area contributed by atoms with Gasteiger partial charge >= 0.3 is 5.97 Å². The summed E-state index contributed by atoms with van der Waals surface area (Å²) in [5.74, 6) is 1.75. The number of hydrogen-bond donors (Lipinski definition) is 1. The zero-order chi connectivity index (χ0) is 18.1. The highest BCUT2D eigenvalue weighted by molar-refractivity contribution is 14.0. The first kappa shape index (κ1) is 22.5. The van der Waals surface area contributed by atoms with Crippen molar-refractivity contribution in [2.45, 2.75) is 26.2 Å². The number of rotatable bonds is 6. The zero-order valence-electron chi connectivity index (χ0n) is 15.9. The molecule has 0 unspecified atom stereocenters. The lowest BCUT2D eigenvalue weighted by molar-refractivity contribution is -0.149. The van der Waals surface area contributed by atoms with E-state index in [1.165, 1.54) is 5.56 Å². The molecule has 1 aliphatic rings. The SMILES string of the molecule is CCOC(=O)C1CCN(C(=NC)NCCc2ccccc2OC)CC1.I. The molecule has 0 aliphatic carbocycles. The molecule has 0 saturated carbocycles. The van der Waals surface area contributed by atoms with Gasteiger partial charge in [-0.25, -0.2) is 0 Å². The van der Waals surface area contributed by atoms with Crippen molar-refractivity contribution in [3.05, 3.63) is 29.8 Å². The highest BCUT2D eigenvalue weighted by atomic mass is 127. The lowest BCUT2D eigenvalue weighted by Gasteiger charge is -2.33. The molecule has 1 N–H and O–H groups in total. The van der Waals surface area contributed by atoms with Gasteiger partial charge in [0.1, 0.15) is 5.75 Å². The fourth-order valence-electron chi connectivity index (χ4n) is 3.14. The first-order chi connectivity index (χ1) is 12.2. The van der Waals surface area contributed by atoms with Gasteiger partial charge in [0, 0.05) is 26.7 Å². The second-order valence-electron chi connectivity index (χ2n) is 6.05. The van der Waals surface area contributed by atoms with Crippen molar-refractivity contribution in [3.8, 4) is 5.75 Å². The van der Waals surface area contributed by atoms with E-state index in [2.05, 4.69) is 21.3 Å². The number of hydrogen-bond acceptors (Lipinski definition) is 4. The van der Waals surface area contributed by atoms with E-state index in [0.29, 0.717) is 6.61 Å². The summed E-state index contributed by atoms with van der Waals surface area (Å²) in [6.07, 6.45) is 2.49. The van der Waals surface area contributed by atoms with Crippen LogP contribution in [0.1, 0.15) is 25.3 Å². The molecule has 0 atom stereocenters. The maximum absolute atomic E-state index is 11.8. The van der Waals surface area contributed by atoms with Crippen molar-refractivity contribution >= 4 is 35.9 Å². The molecule has 26 heavy (non-hydrogen) atoms. The summed E-state index contributed by atoms with van der Waals surface area (Å²) in [7, 11) is 3.49. The minimum atomic E-state index is -0.0683. The fourth-order valence-corrected chi connectivity index (χ4v) is 3.14. The topological polar surface area (TPSA) is 63.2 Å². The number of ether oxygens (including phenoxy) is 2. The molecule has 0 amide bonds. The van der Waals surface area contributed by atoms with Crippen LogP contribution in [0, 0.1) is 5.92 Å². The summed E-state index contributed by atoms with van der Waals surface area (Å²) in [6.45, 7) is 4.71. The fraction of sp³-hybridized carbons (Fsp3) is 0.579. The van der Waals surface area contributed by atoms with Crippen molar-refractivity contribution in [1.82, 2.24) is 10.2 Å². The van der Waals surface area contributed by atoms with Crippen LogP contribution in [0.5, 0.6) is 5.75 Å². The van der Waals surface area contributed by atoms with Gasteiger partial charge in [0.05, 0.1) is 19.6 Å². The Hall–Kier alpha value is -1.51. The second kappa shape index (κ2) is 12.0. The summed E-state index contributed by atoms with van der Waals surface area (Å²) in [5.41, 5.74) is 1.17. The van der Waals surface area contributed by atoms with Crippen LogP contribution in [0.2, 0.25) is 0 Å². The maximum Gasteiger partial charge on any atom is 0.309 e. The van der Waals surface area contributed by atoms with Crippen LogP contribution in [-0.2, 0) is 16.0 Å². The predicted octanol–water partition coefficient (Wildman–Crippen LogP) is 2.71. The number of aliphatic imine (C=N–C) groups is 1. The number of para-hydroxylation sites is 1. The van der Waals surface area contributed by atoms with E-state index in [4.69, 9.17) is 9.47 Å². The number of nitrogens with one attached hydrogen (secondary N) is 1. The van der Waals surface area contributed by atoms with E-state index in [1.54, 1.807) is 14.2 Å². The van der Waals surface area contributed by atoms with E-state index < -0.39 is 0 Å². The van der Waals surface area contributed by atoms with Crippen LogP contribution in [0.3, 0.4) is 0 Å². The second-order valence-corrected chi connectivity index (χ2v) is 6.05. The standard InChI is InChI=1S/C19H29N3O3.HI/c1-4-25-18(23)16-10-13-22(14-11-16)19(20-2)21-12-9-15-7-5-6-8-17(15)24-3;/h5-8,16H,4,9-14H2,1-3H3,(H,20,21);1H. The molecule has 0 aromatic heterocycles. The summed E-state index contributed by atoms with van der Waals surface area (Å²) < 4.78 is 10.5. The third-order valence-corrected chi connectivity index (χ3v) is 4.50. The van der Waals surface area contributed by atoms with Crippen LogP contribution in [0.25, 0.3) is 0 Å². The summed E-state index contributed by atoms with van der Waals surface area (Å²) in [5, 5.41) is 3.41. The minimum Gasteiger partial charge on any atom is -0.496 e. The predicted molar refractivity (Wildman–Crippen MR) is 114 cm³/mol. The molecule has 0 spiro atoms. The van der Waals surface area contributed by atoms with Crippen molar-refractivity contribution < 1.29 is 14.3 Å². The third-order valence-electron chi connectivity index (χ3n) is 4.50. The lowest BCUT2D eigenvalue weighted by atomic mass is 9.97. The van der Waals surface area contributed by atoms with Crippen molar-refractivity contribution in [1.29, 1.82) is 0 Å². The van der Waals surface area contributed by atoms with E-state index in [1.807, 2.05) is 25.1 Å². The molecule has 1 aliphatic heterocycles. The number of carbonyl (C=O) groups excluding carboxylic acids is 1. The molecule has 7 heteroatoms. The van der Waals surface area contributed by atoms with Gasteiger partial charge in [-0.05, 0) is 37.8 Å². The van der Waals surface area contributed by atoms with Gasteiger partial charge in [-0.15, -0.1) is 24.0 Å². The van der Waals surface area contributed by atoms with Crippen LogP contribution in [0.15, 0.2) is 29.3 Å². The van der Waals surface area contributed by atoms with Crippen molar-refractivity contribution in [2.24, 2.45) is 10.9 Å². The van der Waals surface area contributed by atoms with Crippen LogP contribution >= 0.6 is 24.0 Å². The Morgan fingerprint density at radius 2 is 2.00 bits per heavy atom. The molecule has 0 bridgehead atoms. The first-order valence-electron chi connectivity index (χ1n) is 8.93. The quantitative estimate of drug-likeness (QED) is 0.297. The van der Waals surface area contributed by atoms with Gasteiger partial charge in [-0.2, -0.15) is 0 Å². The molecule has 6 nitrogen and oxygen atoms in total. The summed E-state index contributed by atoms with van der Waals surface area (Å²) in [4.78, 5) is 18.4. The normalized spacial score (nSPS) is 15.2. The number of nitrogens with zero attached hydrogens (tertiary/aromatic N) is 2. The Morgan fingerprint density at radius 3 is 2.62 bits per heavy atom.